The maximum Gasteiger partial charge on any atom is 0.0488 e. The zero-order valence-electron chi connectivity index (χ0n) is 12.0. The zero-order valence-corrected chi connectivity index (χ0v) is 14.4. The summed E-state index contributed by atoms with van der Waals surface area (Å²) in [4.78, 5) is 0. The Kier molecular flexibility index (Phi) is 4.79. The van der Waals surface area contributed by atoms with Gasteiger partial charge in [-0.05, 0) is 57.7 Å². The average Bonchev–Trinajstić information content (AvgIpc) is 2.91. The highest BCUT2D eigenvalue weighted by Crippen LogP contribution is 2.38. The monoisotopic (exact) mass is 351 g/mol. The Hall–Kier alpha value is -0.380. The SMILES string of the molecule is CNC(CC1CCCCC1)c1csc2c(Br)cccc12. The predicted octanol–water partition coefficient (Wildman–Crippen LogP) is 5.89. The molecule has 0 bridgehead atoms. The van der Waals surface area contributed by atoms with Crippen molar-refractivity contribution in [2.24, 2.45) is 5.92 Å². The second-order valence-corrected chi connectivity index (χ2v) is 7.62. The van der Waals surface area contributed by atoms with E-state index in [2.05, 4.69) is 51.9 Å². The average molecular weight is 352 g/mol. The van der Waals surface area contributed by atoms with E-state index in [1.54, 1.807) is 0 Å². The summed E-state index contributed by atoms with van der Waals surface area (Å²) in [7, 11) is 2.11. The molecule has 3 rings (SSSR count). The number of rotatable bonds is 4. The summed E-state index contributed by atoms with van der Waals surface area (Å²) in [5, 5.41) is 7.32. The normalized spacial score (nSPS) is 18.5. The number of thiophene rings is 1. The van der Waals surface area contributed by atoms with E-state index in [1.165, 1.54) is 58.6 Å². The summed E-state index contributed by atoms with van der Waals surface area (Å²) in [5.41, 5.74) is 1.49. The molecule has 1 aliphatic carbocycles. The minimum absolute atomic E-state index is 0.501. The molecule has 1 aliphatic rings. The van der Waals surface area contributed by atoms with Crippen LogP contribution < -0.4 is 5.32 Å². The van der Waals surface area contributed by atoms with E-state index in [4.69, 9.17) is 0 Å². The Morgan fingerprint density at radius 2 is 2.10 bits per heavy atom. The van der Waals surface area contributed by atoms with Gasteiger partial charge in [-0.25, -0.2) is 0 Å². The highest BCUT2D eigenvalue weighted by molar-refractivity contribution is 9.10. The van der Waals surface area contributed by atoms with Crippen molar-refractivity contribution in [2.75, 3.05) is 7.05 Å². The fourth-order valence-electron chi connectivity index (χ4n) is 3.47. The van der Waals surface area contributed by atoms with E-state index in [1.807, 2.05) is 11.3 Å². The molecule has 1 saturated carbocycles. The van der Waals surface area contributed by atoms with E-state index >= 15 is 0 Å². The van der Waals surface area contributed by atoms with E-state index in [9.17, 15) is 0 Å². The van der Waals surface area contributed by atoms with Crippen LogP contribution in [-0.2, 0) is 0 Å². The Morgan fingerprint density at radius 3 is 2.85 bits per heavy atom. The van der Waals surface area contributed by atoms with Crippen molar-refractivity contribution in [3.8, 4) is 0 Å². The molecule has 0 saturated heterocycles. The van der Waals surface area contributed by atoms with E-state index in [0.29, 0.717) is 6.04 Å². The van der Waals surface area contributed by atoms with Crippen LogP contribution in [0.5, 0.6) is 0 Å². The van der Waals surface area contributed by atoms with Gasteiger partial charge in [-0.15, -0.1) is 11.3 Å². The van der Waals surface area contributed by atoms with Crippen LogP contribution in [0, 0.1) is 5.92 Å². The molecule has 20 heavy (non-hydrogen) atoms. The molecular formula is C17H22BrNS. The molecule has 0 amide bonds. The van der Waals surface area contributed by atoms with Crippen LogP contribution in [-0.4, -0.2) is 7.05 Å². The van der Waals surface area contributed by atoms with Crippen molar-refractivity contribution in [3.05, 3.63) is 33.6 Å². The Labute approximate surface area is 133 Å². The van der Waals surface area contributed by atoms with Crippen molar-refractivity contribution < 1.29 is 0 Å². The molecule has 0 radical (unpaired) electrons. The molecule has 1 aromatic carbocycles. The standard InChI is InChI=1S/C17H22BrNS/c1-19-16(10-12-6-3-2-4-7-12)14-11-20-17-13(14)8-5-9-15(17)18/h5,8-9,11-12,16,19H,2-4,6-7,10H2,1H3. The third-order valence-electron chi connectivity index (χ3n) is 4.60. The summed E-state index contributed by atoms with van der Waals surface area (Å²) in [6.07, 6.45) is 8.42. The van der Waals surface area contributed by atoms with Crippen LogP contribution in [0.2, 0.25) is 0 Å². The topological polar surface area (TPSA) is 12.0 Å². The minimum Gasteiger partial charge on any atom is -0.313 e. The van der Waals surface area contributed by atoms with Gasteiger partial charge in [0.1, 0.15) is 0 Å². The van der Waals surface area contributed by atoms with Gasteiger partial charge in [0.25, 0.3) is 0 Å². The van der Waals surface area contributed by atoms with Crippen LogP contribution in [0.1, 0.15) is 50.1 Å². The molecule has 1 fully saturated rings. The summed E-state index contributed by atoms with van der Waals surface area (Å²) >= 11 is 5.53. The van der Waals surface area contributed by atoms with Gasteiger partial charge in [-0.3, -0.25) is 0 Å². The molecule has 1 aromatic heterocycles. The minimum atomic E-state index is 0.501. The lowest BCUT2D eigenvalue weighted by atomic mass is 9.83. The number of nitrogens with one attached hydrogen (secondary N) is 1. The van der Waals surface area contributed by atoms with Crippen molar-refractivity contribution >= 4 is 37.4 Å². The Bertz CT molecular complexity index is 571. The van der Waals surface area contributed by atoms with Gasteiger partial charge >= 0.3 is 0 Å². The third-order valence-corrected chi connectivity index (χ3v) is 6.57. The lowest BCUT2D eigenvalue weighted by molar-refractivity contribution is 0.306. The number of fused-ring (bicyclic) bond motifs is 1. The van der Waals surface area contributed by atoms with Gasteiger partial charge in [0.05, 0.1) is 0 Å². The molecular weight excluding hydrogens is 330 g/mol. The Balaban J connectivity index is 1.85. The maximum absolute atomic E-state index is 3.67. The van der Waals surface area contributed by atoms with Gasteiger partial charge in [0.15, 0.2) is 0 Å². The molecule has 1 heterocycles. The van der Waals surface area contributed by atoms with Crippen LogP contribution >= 0.6 is 27.3 Å². The zero-order chi connectivity index (χ0) is 13.9. The van der Waals surface area contributed by atoms with Crippen molar-refractivity contribution in [1.82, 2.24) is 5.32 Å². The quantitative estimate of drug-likeness (QED) is 0.723. The van der Waals surface area contributed by atoms with Gasteiger partial charge in [-0.2, -0.15) is 0 Å². The largest absolute Gasteiger partial charge is 0.313 e. The molecule has 0 spiro atoms. The predicted molar refractivity (Wildman–Crippen MR) is 92.5 cm³/mol. The highest BCUT2D eigenvalue weighted by Gasteiger charge is 2.21. The van der Waals surface area contributed by atoms with Gasteiger partial charge in [0.2, 0.25) is 0 Å². The number of hydrogen-bond donors (Lipinski definition) is 1. The molecule has 108 valence electrons. The number of halogens is 1. The molecule has 1 nitrogen and oxygen atoms in total. The van der Waals surface area contributed by atoms with Crippen molar-refractivity contribution in [3.63, 3.8) is 0 Å². The fourth-order valence-corrected chi connectivity index (χ4v) is 5.14. The second kappa shape index (κ2) is 6.59. The van der Waals surface area contributed by atoms with Crippen molar-refractivity contribution in [2.45, 2.75) is 44.6 Å². The molecule has 0 aliphatic heterocycles. The van der Waals surface area contributed by atoms with Crippen molar-refractivity contribution in [1.29, 1.82) is 0 Å². The van der Waals surface area contributed by atoms with E-state index in [-0.39, 0.29) is 0 Å². The first-order valence-electron chi connectivity index (χ1n) is 7.62. The first-order valence-corrected chi connectivity index (χ1v) is 9.29. The van der Waals surface area contributed by atoms with Crippen LogP contribution in [0.15, 0.2) is 28.1 Å². The summed E-state index contributed by atoms with van der Waals surface area (Å²) in [6.45, 7) is 0. The van der Waals surface area contributed by atoms with Crippen LogP contribution in [0.3, 0.4) is 0 Å². The maximum atomic E-state index is 3.67. The lowest BCUT2D eigenvalue weighted by Gasteiger charge is -2.26. The molecule has 3 heteroatoms. The molecule has 1 atom stereocenters. The van der Waals surface area contributed by atoms with Gasteiger partial charge in [0, 0.05) is 15.2 Å². The van der Waals surface area contributed by atoms with Gasteiger partial charge < -0.3 is 5.32 Å². The smallest absolute Gasteiger partial charge is 0.0488 e. The Morgan fingerprint density at radius 1 is 1.30 bits per heavy atom. The number of benzene rings is 1. The molecule has 1 N–H and O–H groups in total. The van der Waals surface area contributed by atoms with E-state index < -0.39 is 0 Å². The molecule has 2 aromatic rings. The molecule has 1 unspecified atom stereocenters. The first-order chi connectivity index (χ1) is 9.79. The summed E-state index contributed by atoms with van der Waals surface area (Å²) in [5.74, 6) is 0.906. The fraction of sp³-hybridized carbons (Fsp3) is 0.529. The van der Waals surface area contributed by atoms with Crippen LogP contribution in [0.25, 0.3) is 10.1 Å². The second-order valence-electron chi connectivity index (χ2n) is 5.89. The highest BCUT2D eigenvalue weighted by atomic mass is 79.9. The van der Waals surface area contributed by atoms with Gasteiger partial charge in [-0.1, -0.05) is 44.2 Å². The summed E-state index contributed by atoms with van der Waals surface area (Å²) in [6, 6.07) is 7.05. The first kappa shape index (κ1) is 14.6. The lowest BCUT2D eigenvalue weighted by Crippen LogP contribution is -2.21. The summed E-state index contributed by atoms with van der Waals surface area (Å²) < 4.78 is 2.60. The third kappa shape index (κ3) is 2.95. The van der Waals surface area contributed by atoms with Crippen LogP contribution in [0.4, 0.5) is 0 Å². The van der Waals surface area contributed by atoms with E-state index in [0.717, 1.165) is 5.92 Å². The number of hydrogen-bond acceptors (Lipinski definition) is 2.